The fourth-order valence-corrected chi connectivity index (χ4v) is 3.09. The van der Waals surface area contributed by atoms with Gasteiger partial charge in [-0.1, -0.05) is 6.92 Å². The first-order valence-electron chi connectivity index (χ1n) is 6.87. The SMILES string of the molecule is CCCNC1CCCc2nc(-c3nccs3)ncc21. The van der Waals surface area contributed by atoms with Gasteiger partial charge >= 0.3 is 0 Å². The molecule has 1 aliphatic carbocycles. The Kier molecular flexibility index (Phi) is 3.84. The highest BCUT2D eigenvalue weighted by molar-refractivity contribution is 7.12. The van der Waals surface area contributed by atoms with Crippen molar-refractivity contribution in [1.82, 2.24) is 20.3 Å². The van der Waals surface area contributed by atoms with E-state index in [1.165, 1.54) is 24.1 Å². The number of nitrogens with zero attached hydrogens (tertiary/aromatic N) is 3. The first-order valence-corrected chi connectivity index (χ1v) is 7.75. The summed E-state index contributed by atoms with van der Waals surface area (Å²) in [5, 5.41) is 6.46. The molecule has 0 spiro atoms. The largest absolute Gasteiger partial charge is 0.310 e. The van der Waals surface area contributed by atoms with Gasteiger partial charge in [-0.15, -0.1) is 11.3 Å². The molecule has 0 saturated carbocycles. The Bertz CT molecular complexity index is 538. The summed E-state index contributed by atoms with van der Waals surface area (Å²) in [6.45, 7) is 3.25. The Balaban J connectivity index is 1.88. The maximum atomic E-state index is 4.71. The van der Waals surface area contributed by atoms with Crippen LogP contribution in [0.15, 0.2) is 17.8 Å². The molecule has 0 aromatic carbocycles. The van der Waals surface area contributed by atoms with Crippen LogP contribution in [-0.4, -0.2) is 21.5 Å². The maximum Gasteiger partial charge on any atom is 0.188 e. The highest BCUT2D eigenvalue weighted by Crippen LogP contribution is 2.29. The third-order valence-electron chi connectivity index (χ3n) is 3.45. The second-order valence-electron chi connectivity index (χ2n) is 4.83. The molecule has 19 heavy (non-hydrogen) atoms. The standard InChI is InChI=1S/C14H18N4S/c1-2-6-15-11-4-3-5-12-10(11)9-17-13(18-12)14-16-7-8-19-14/h7-9,11,15H,2-6H2,1H3. The van der Waals surface area contributed by atoms with Crippen molar-refractivity contribution >= 4 is 11.3 Å². The van der Waals surface area contributed by atoms with E-state index < -0.39 is 0 Å². The second kappa shape index (κ2) is 5.75. The molecule has 0 bridgehead atoms. The van der Waals surface area contributed by atoms with E-state index >= 15 is 0 Å². The van der Waals surface area contributed by atoms with Crippen molar-refractivity contribution in [3.63, 3.8) is 0 Å². The van der Waals surface area contributed by atoms with Crippen LogP contribution >= 0.6 is 11.3 Å². The summed E-state index contributed by atoms with van der Waals surface area (Å²) < 4.78 is 0. The van der Waals surface area contributed by atoms with E-state index in [2.05, 4.69) is 22.2 Å². The summed E-state index contributed by atoms with van der Waals surface area (Å²) in [5.41, 5.74) is 2.47. The fraction of sp³-hybridized carbons (Fsp3) is 0.500. The Morgan fingerprint density at radius 3 is 3.16 bits per heavy atom. The van der Waals surface area contributed by atoms with Crippen LogP contribution in [0.25, 0.3) is 10.8 Å². The zero-order valence-corrected chi connectivity index (χ0v) is 11.9. The molecular weight excluding hydrogens is 256 g/mol. The smallest absolute Gasteiger partial charge is 0.188 e. The zero-order chi connectivity index (χ0) is 13.1. The Morgan fingerprint density at radius 1 is 1.42 bits per heavy atom. The molecule has 0 saturated heterocycles. The predicted octanol–water partition coefficient (Wildman–Crippen LogP) is 2.98. The van der Waals surface area contributed by atoms with E-state index in [-0.39, 0.29) is 0 Å². The summed E-state index contributed by atoms with van der Waals surface area (Å²) in [6.07, 6.45) is 8.39. The van der Waals surface area contributed by atoms with E-state index in [1.807, 2.05) is 11.6 Å². The molecule has 0 fully saturated rings. The van der Waals surface area contributed by atoms with E-state index in [0.717, 1.165) is 30.2 Å². The average Bonchev–Trinajstić information content (AvgIpc) is 2.98. The lowest BCUT2D eigenvalue weighted by Crippen LogP contribution is -2.26. The van der Waals surface area contributed by atoms with Gasteiger partial charge in [-0.2, -0.15) is 0 Å². The molecule has 1 aliphatic rings. The van der Waals surface area contributed by atoms with Gasteiger partial charge in [0.05, 0.1) is 0 Å². The summed E-state index contributed by atoms with van der Waals surface area (Å²) in [5.74, 6) is 0.768. The number of aryl methyl sites for hydroxylation is 1. The third-order valence-corrected chi connectivity index (χ3v) is 4.22. The van der Waals surface area contributed by atoms with Crippen molar-refractivity contribution in [2.75, 3.05) is 6.54 Å². The lowest BCUT2D eigenvalue weighted by molar-refractivity contribution is 0.454. The lowest BCUT2D eigenvalue weighted by Gasteiger charge is -2.25. The summed E-state index contributed by atoms with van der Waals surface area (Å²) in [4.78, 5) is 13.5. The Hall–Kier alpha value is -1.33. The molecule has 1 unspecified atom stereocenters. The molecule has 2 aromatic heterocycles. The summed E-state index contributed by atoms with van der Waals surface area (Å²) >= 11 is 1.59. The van der Waals surface area contributed by atoms with Crippen LogP contribution in [0, 0.1) is 0 Å². The van der Waals surface area contributed by atoms with Crippen molar-refractivity contribution in [2.24, 2.45) is 0 Å². The number of rotatable bonds is 4. The predicted molar refractivity (Wildman–Crippen MR) is 77.1 cm³/mol. The first-order chi connectivity index (χ1) is 9.38. The third kappa shape index (κ3) is 2.67. The van der Waals surface area contributed by atoms with E-state index in [0.29, 0.717) is 6.04 Å². The summed E-state index contributed by atoms with van der Waals surface area (Å²) in [7, 11) is 0. The van der Waals surface area contributed by atoms with E-state index in [1.54, 1.807) is 17.5 Å². The van der Waals surface area contributed by atoms with Crippen LogP contribution in [0.4, 0.5) is 0 Å². The average molecular weight is 274 g/mol. The van der Waals surface area contributed by atoms with E-state index in [9.17, 15) is 0 Å². The van der Waals surface area contributed by atoms with Gasteiger partial charge in [0, 0.05) is 35.1 Å². The van der Waals surface area contributed by atoms with Crippen molar-refractivity contribution in [3.05, 3.63) is 29.0 Å². The van der Waals surface area contributed by atoms with Crippen LogP contribution in [0.1, 0.15) is 43.5 Å². The monoisotopic (exact) mass is 274 g/mol. The molecule has 0 radical (unpaired) electrons. The van der Waals surface area contributed by atoms with Gasteiger partial charge in [0.1, 0.15) is 0 Å². The van der Waals surface area contributed by atoms with Crippen molar-refractivity contribution in [2.45, 2.75) is 38.6 Å². The fourth-order valence-electron chi connectivity index (χ4n) is 2.51. The molecule has 5 heteroatoms. The molecule has 2 heterocycles. The highest BCUT2D eigenvalue weighted by atomic mass is 32.1. The molecular formula is C14H18N4S. The quantitative estimate of drug-likeness (QED) is 0.931. The number of hydrogen-bond acceptors (Lipinski definition) is 5. The number of nitrogens with one attached hydrogen (secondary N) is 1. The topological polar surface area (TPSA) is 50.7 Å². The summed E-state index contributed by atoms with van der Waals surface area (Å²) in [6, 6.07) is 0.425. The van der Waals surface area contributed by atoms with Crippen molar-refractivity contribution in [1.29, 1.82) is 0 Å². The minimum Gasteiger partial charge on any atom is -0.310 e. The molecule has 3 rings (SSSR count). The Morgan fingerprint density at radius 2 is 2.37 bits per heavy atom. The van der Waals surface area contributed by atoms with Crippen LogP contribution < -0.4 is 5.32 Å². The van der Waals surface area contributed by atoms with Gasteiger partial charge in [0.15, 0.2) is 10.8 Å². The minimum absolute atomic E-state index is 0.425. The van der Waals surface area contributed by atoms with Gasteiger partial charge < -0.3 is 5.32 Å². The van der Waals surface area contributed by atoms with Gasteiger partial charge in [0.25, 0.3) is 0 Å². The first kappa shape index (κ1) is 12.7. The van der Waals surface area contributed by atoms with Crippen LogP contribution in [-0.2, 0) is 6.42 Å². The molecule has 1 N–H and O–H groups in total. The number of fused-ring (bicyclic) bond motifs is 1. The lowest BCUT2D eigenvalue weighted by atomic mass is 9.92. The molecule has 0 amide bonds. The normalized spacial score (nSPS) is 18.3. The highest BCUT2D eigenvalue weighted by Gasteiger charge is 2.22. The molecule has 100 valence electrons. The van der Waals surface area contributed by atoms with Gasteiger partial charge in [-0.05, 0) is 32.2 Å². The molecule has 1 atom stereocenters. The van der Waals surface area contributed by atoms with Gasteiger partial charge in [-0.25, -0.2) is 15.0 Å². The zero-order valence-electron chi connectivity index (χ0n) is 11.1. The molecule has 0 aliphatic heterocycles. The van der Waals surface area contributed by atoms with Crippen LogP contribution in [0.2, 0.25) is 0 Å². The van der Waals surface area contributed by atoms with Crippen molar-refractivity contribution in [3.8, 4) is 10.8 Å². The van der Waals surface area contributed by atoms with Gasteiger partial charge in [0.2, 0.25) is 0 Å². The maximum absolute atomic E-state index is 4.71. The molecule has 4 nitrogen and oxygen atoms in total. The van der Waals surface area contributed by atoms with E-state index in [4.69, 9.17) is 4.98 Å². The number of thiazole rings is 1. The number of aromatic nitrogens is 3. The van der Waals surface area contributed by atoms with Crippen LogP contribution in [0.3, 0.4) is 0 Å². The van der Waals surface area contributed by atoms with Gasteiger partial charge in [-0.3, -0.25) is 0 Å². The Labute approximate surface area is 117 Å². The van der Waals surface area contributed by atoms with Crippen molar-refractivity contribution < 1.29 is 0 Å². The second-order valence-corrected chi connectivity index (χ2v) is 5.73. The number of hydrogen-bond donors (Lipinski definition) is 1. The molecule has 2 aromatic rings. The minimum atomic E-state index is 0.425. The van der Waals surface area contributed by atoms with Crippen LogP contribution in [0.5, 0.6) is 0 Å².